The third kappa shape index (κ3) is 3.35. The van der Waals surface area contributed by atoms with Crippen molar-refractivity contribution < 1.29 is 9.84 Å². The number of hydrogen-bond acceptors (Lipinski definition) is 3. The lowest BCUT2D eigenvalue weighted by molar-refractivity contribution is 0.130. The normalized spacial score (nSPS) is 11.3. The lowest BCUT2D eigenvalue weighted by Gasteiger charge is -2.22. The second-order valence-corrected chi connectivity index (χ2v) is 4.76. The van der Waals surface area contributed by atoms with E-state index in [2.05, 4.69) is 0 Å². The van der Waals surface area contributed by atoms with Crippen molar-refractivity contribution in [3.63, 3.8) is 0 Å². The van der Waals surface area contributed by atoms with Crippen LogP contribution in [-0.4, -0.2) is 24.8 Å². The van der Waals surface area contributed by atoms with Crippen molar-refractivity contribution in [1.82, 2.24) is 0 Å². The minimum absolute atomic E-state index is 0.238. The van der Waals surface area contributed by atoms with E-state index in [0.29, 0.717) is 5.75 Å². The molecule has 0 aromatic heterocycles. The highest BCUT2D eigenvalue weighted by molar-refractivity contribution is 5.59. The fourth-order valence-corrected chi connectivity index (χ4v) is 1.30. The molecule has 1 aromatic carbocycles. The Balaban J connectivity index is 2.92. The van der Waals surface area contributed by atoms with E-state index in [-0.39, 0.29) is 11.4 Å². The molecule has 0 fully saturated rings. The third-order valence-corrected chi connectivity index (χ3v) is 1.85. The van der Waals surface area contributed by atoms with Gasteiger partial charge in [-0.15, -0.1) is 0 Å². The summed E-state index contributed by atoms with van der Waals surface area (Å²) in [6, 6.07) is 5.34. The van der Waals surface area contributed by atoms with Crippen LogP contribution in [0.5, 0.6) is 11.5 Å². The van der Waals surface area contributed by atoms with E-state index in [4.69, 9.17) is 4.74 Å². The lowest BCUT2D eigenvalue weighted by atomic mass is 10.2. The molecule has 0 aliphatic carbocycles. The average Bonchev–Trinajstić information content (AvgIpc) is 1.99. The summed E-state index contributed by atoms with van der Waals surface area (Å²) >= 11 is 0. The van der Waals surface area contributed by atoms with Crippen molar-refractivity contribution in [3.8, 4) is 11.5 Å². The van der Waals surface area contributed by atoms with Gasteiger partial charge in [0, 0.05) is 20.2 Å². The Labute approximate surface area is 91.3 Å². The molecule has 0 heterocycles. The molecule has 0 saturated carbocycles. The molecule has 1 rings (SSSR count). The molecule has 0 bridgehead atoms. The van der Waals surface area contributed by atoms with Gasteiger partial charge in [0.2, 0.25) is 0 Å². The molecule has 0 atom stereocenters. The van der Waals surface area contributed by atoms with Crippen molar-refractivity contribution in [2.24, 2.45) is 0 Å². The Bertz CT molecular complexity index is 340. The van der Waals surface area contributed by atoms with Gasteiger partial charge in [-0.2, -0.15) is 0 Å². The maximum absolute atomic E-state index is 9.74. The molecular weight excluding hydrogens is 190 g/mol. The number of benzene rings is 1. The van der Waals surface area contributed by atoms with E-state index < -0.39 is 0 Å². The van der Waals surface area contributed by atoms with Gasteiger partial charge in [-0.1, -0.05) is 0 Å². The van der Waals surface area contributed by atoms with Crippen LogP contribution in [0.2, 0.25) is 0 Å². The van der Waals surface area contributed by atoms with Crippen LogP contribution in [0, 0.1) is 0 Å². The van der Waals surface area contributed by atoms with E-state index in [1.165, 1.54) is 0 Å². The monoisotopic (exact) mass is 209 g/mol. The quantitative estimate of drug-likeness (QED) is 0.812. The number of ether oxygens (including phenoxy) is 1. The van der Waals surface area contributed by atoms with Crippen molar-refractivity contribution in [1.29, 1.82) is 0 Å². The number of anilines is 1. The standard InChI is InChI=1S/C12H19NO2/c1-12(2,3)15-9-6-7-10(13(4)5)11(14)8-9/h6-8,14H,1-5H3. The van der Waals surface area contributed by atoms with Crippen LogP contribution in [0.4, 0.5) is 5.69 Å². The van der Waals surface area contributed by atoms with Crippen LogP contribution < -0.4 is 9.64 Å². The first kappa shape index (κ1) is 11.7. The zero-order valence-electron chi connectivity index (χ0n) is 10.0. The molecule has 15 heavy (non-hydrogen) atoms. The average molecular weight is 209 g/mol. The minimum atomic E-state index is -0.244. The summed E-state index contributed by atoms with van der Waals surface area (Å²) in [4.78, 5) is 1.86. The Kier molecular flexibility index (Phi) is 3.12. The third-order valence-electron chi connectivity index (χ3n) is 1.85. The fourth-order valence-electron chi connectivity index (χ4n) is 1.30. The van der Waals surface area contributed by atoms with E-state index in [0.717, 1.165) is 5.69 Å². The molecule has 0 aliphatic heterocycles. The van der Waals surface area contributed by atoms with Gasteiger partial charge >= 0.3 is 0 Å². The number of aromatic hydroxyl groups is 1. The van der Waals surface area contributed by atoms with Gasteiger partial charge in [-0.25, -0.2) is 0 Å². The second kappa shape index (κ2) is 4.01. The van der Waals surface area contributed by atoms with Gasteiger partial charge < -0.3 is 14.7 Å². The summed E-state index contributed by atoms with van der Waals surface area (Å²) in [5, 5.41) is 9.74. The SMILES string of the molecule is CN(C)c1ccc(OC(C)(C)C)cc1O. The van der Waals surface area contributed by atoms with Gasteiger partial charge in [-0.05, 0) is 32.9 Å². The van der Waals surface area contributed by atoms with Crippen molar-refractivity contribution in [3.05, 3.63) is 18.2 Å². The van der Waals surface area contributed by atoms with Gasteiger partial charge in [0.05, 0.1) is 5.69 Å². The van der Waals surface area contributed by atoms with Crippen LogP contribution in [0.1, 0.15) is 20.8 Å². The van der Waals surface area contributed by atoms with Gasteiger partial charge in [0.15, 0.2) is 0 Å². The van der Waals surface area contributed by atoms with Crippen LogP contribution in [-0.2, 0) is 0 Å². The van der Waals surface area contributed by atoms with Crippen LogP contribution in [0.3, 0.4) is 0 Å². The molecule has 0 radical (unpaired) electrons. The van der Waals surface area contributed by atoms with Gasteiger partial charge in [0.25, 0.3) is 0 Å². The molecule has 1 N–H and O–H groups in total. The number of phenolic OH excluding ortho intramolecular Hbond substituents is 1. The summed E-state index contributed by atoms with van der Waals surface area (Å²) in [5.41, 5.74) is 0.544. The lowest BCUT2D eigenvalue weighted by Crippen LogP contribution is -2.22. The Morgan fingerprint density at radius 1 is 1.20 bits per heavy atom. The predicted molar refractivity (Wildman–Crippen MR) is 62.8 cm³/mol. The molecule has 0 amide bonds. The summed E-state index contributed by atoms with van der Waals surface area (Å²) in [6.45, 7) is 5.93. The van der Waals surface area contributed by atoms with E-state index in [9.17, 15) is 5.11 Å². The highest BCUT2D eigenvalue weighted by atomic mass is 16.5. The first-order valence-electron chi connectivity index (χ1n) is 4.99. The smallest absolute Gasteiger partial charge is 0.142 e. The molecule has 0 spiro atoms. The Hall–Kier alpha value is -1.38. The molecule has 1 aromatic rings. The minimum Gasteiger partial charge on any atom is -0.506 e. The van der Waals surface area contributed by atoms with E-state index in [1.807, 2.05) is 51.9 Å². The van der Waals surface area contributed by atoms with Crippen LogP contribution >= 0.6 is 0 Å². The topological polar surface area (TPSA) is 32.7 Å². The number of nitrogens with zero attached hydrogens (tertiary/aromatic N) is 1. The highest BCUT2D eigenvalue weighted by Crippen LogP contribution is 2.31. The second-order valence-electron chi connectivity index (χ2n) is 4.76. The van der Waals surface area contributed by atoms with Crippen molar-refractivity contribution in [2.75, 3.05) is 19.0 Å². The maximum Gasteiger partial charge on any atom is 0.142 e. The molecule has 0 aliphatic rings. The molecule has 3 heteroatoms. The van der Waals surface area contributed by atoms with E-state index >= 15 is 0 Å². The van der Waals surface area contributed by atoms with Crippen LogP contribution in [0.15, 0.2) is 18.2 Å². The zero-order chi connectivity index (χ0) is 11.6. The Morgan fingerprint density at radius 2 is 1.80 bits per heavy atom. The van der Waals surface area contributed by atoms with Gasteiger partial charge in [0.1, 0.15) is 17.1 Å². The summed E-state index contributed by atoms with van der Waals surface area (Å²) in [7, 11) is 3.78. The summed E-state index contributed by atoms with van der Waals surface area (Å²) in [6.07, 6.45) is 0. The molecule has 3 nitrogen and oxygen atoms in total. The summed E-state index contributed by atoms with van der Waals surface area (Å²) < 4.78 is 5.64. The first-order valence-corrected chi connectivity index (χ1v) is 4.99. The Morgan fingerprint density at radius 3 is 2.20 bits per heavy atom. The van der Waals surface area contributed by atoms with Crippen LogP contribution in [0.25, 0.3) is 0 Å². The fraction of sp³-hybridized carbons (Fsp3) is 0.500. The molecule has 0 unspecified atom stereocenters. The van der Waals surface area contributed by atoms with Crippen molar-refractivity contribution >= 4 is 5.69 Å². The number of phenols is 1. The van der Waals surface area contributed by atoms with Gasteiger partial charge in [-0.3, -0.25) is 0 Å². The maximum atomic E-state index is 9.74. The summed E-state index contributed by atoms with van der Waals surface area (Å²) in [5.74, 6) is 0.923. The number of rotatable bonds is 2. The van der Waals surface area contributed by atoms with E-state index in [1.54, 1.807) is 6.07 Å². The first-order chi connectivity index (χ1) is 6.79. The molecule has 0 saturated heterocycles. The zero-order valence-corrected chi connectivity index (χ0v) is 10.0. The highest BCUT2D eigenvalue weighted by Gasteiger charge is 2.13. The largest absolute Gasteiger partial charge is 0.506 e. The predicted octanol–water partition coefficient (Wildman–Crippen LogP) is 2.64. The van der Waals surface area contributed by atoms with Crippen molar-refractivity contribution in [2.45, 2.75) is 26.4 Å². The molecular formula is C12H19NO2. The number of hydrogen-bond donors (Lipinski definition) is 1. The molecule has 84 valence electrons.